The van der Waals surface area contributed by atoms with E-state index in [0.717, 1.165) is 31.0 Å². The zero-order valence-electron chi connectivity index (χ0n) is 16.8. The molecule has 7 heteroatoms. The number of benzene rings is 1. The van der Waals surface area contributed by atoms with Crippen molar-refractivity contribution < 1.29 is 18.1 Å². The number of nitrogens with zero attached hydrogens (tertiary/aromatic N) is 3. The molecule has 4 heterocycles. The maximum absolute atomic E-state index is 14.3. The van der Waals surface area contributed by atoms with Crippen LogP contribution in [0.15, 0.2) is 45.3 Å². The first kappa shape index (κ1) is 19.1. The van der Waals surface area contributed by atoms with Crippen molar-refractivity contribution in [2.24, 2.45) is 0 Å². The number of hydrogen-bond acceptors (Lipinski definition) is 5. The number of aromatic nitrogens is 1. The van der Waals surface area contributed by atoms with E-state index in [4.69, 9.17) is 8.94 Å². The molecular weight excluding hydrogens is 385 g/mol. The number of likely N-dealkylation sites (tertiary alicyclic amines) is 1. The van der Waals surface area contributed by atoms with Gasteiger partial charge in [-0.3, -0.25) is 9.69 Å². The summed E-state index contributed by atoms with van der Waals surface area (Å²) < 4.78 is 25.6. The predicted octanol–water partition coefficient (Wildman–Crippen LogP) is 4.26. The van der Waals surface area contributed by atoms with Crippen LogP contribution in [0.3, 0.4) is 0 Å². The third-order valence-corrected chi connectivity index (χ3v) is 5.94. The van der Waals surface area contributed by atoms with Gasteiger partial charge in [0.05, 0.1) is 13.1 Å². The number of piperidine rings is 1. The Bertz CT molecular complexity index is 1050. The normalized spacial score (nSPS) is 17.2. The Morgan fingerprint density at radius 1 is 1.07 bits per heavy atom. The Hall–Kier alpha value is -2.93. The highest BCUT2D eigenvalue weighted by molar-refractivity contribution is 5.91. The summed E-state index contributed by atoms with van der Waals surface area (Å²) >= 11 is 0. The maximum atomic E-state index is 14.3. The van der Waals surface area contributed by atoms with E-state index in [2.05, 4.69) is 10.1 Å². The number of halogens is 1. The average Bonchev–Trinajstić information content (AvgIpc) is 3.41. The molecule has 0 unspecified atom stereocenters. The monoisotopic (exact) mass is 409 g/mol. The van der Waals surface area contributed by atoms with Crippen molar-refractivity contribution in [1.29, 1.82) is 0 Å². The van der Waals surface area contributed by atoms with Crippen molar-refractivity contribution in [3.8, 4) is 11.3 Å². The van der Waals surface area contributed by atoms with Crippen molar-refractivity contribution >= 4 is 5.91 Å². The van der Waals surface area contributed by atoms with Gasteiger partial charge >= 0.3 is 0 Å². The lowest BCUT2D eigenvalue weighted by atomic mass is 10.0. The second-order valence-electron chi connectivity index (χ2n) is 7.99. The summed E-state index contributed by atoms with van der Waals surface area (Å²) in [6.07, 6.45) is 4.26. The number of fused-ring (bicyclic) bond motifs is 1. The van der Waals surface area contributed by atoms with Crippen LogP contribution >= 0.6 is 0 Å². The van der Waals surface area contributed by atoms with Gasteiger partial charge in [-0.05, 0) is 50.2 Å². The molecule has 1 fully saturated rings. The fraction of sp³-hybridized carbons (Fsp3) is 0.391. The molecule has 3 aromatic rings. The molecule has 30 heavy (non-hydrogen) atoms. The largest absolute Gasteiger partial charge is 0.455 e. The van der Waals surface area contributed by atoms with Gasteiger partial charge in [0.25, 0.3) is 5.91 Å². The Labute approximate surface area is 174 Å². The van der Waals surface area contributed by atoms with Gasteiger partial charge < -0.3 is 13.8 Å². The zero-order valence-corrected chi connectivity index (χ0v) is 16.8. The standard InChI is InChI=1S/C23H24FN3O3/c24-19-7-3-2-6-17(19)22-18-15-27(13-10-20(18)30-25-22)23(28)21-9-8-16(29-21)14-26-11-4-1-5-12-26/h2-3,6-9H,1,4-5,10-15H2. The molecular formula is C23H24FN3O3. The van der Waals surface area contributed by atoms with Crippen LogP contribution in [0.1, 0.15) is 46.9 Å². The number of furan rings is 1. The van der Waals surface area contributed by atoms with Crippen molar-refractivity contribution in [3.05, 3.63) is 65.1 Å². The minimum atomic E-state index is -0.356. The summed E-state index contributed by atoms with van der Waals surface area (Å²) in [5, 5.41) is 4.08. The van der Waals surface area contributed by atoms with Gasteiger partial charge in [0.1, 0.15) is 23.0 Å². The number of hydrogen-bond donors (Lipinski definition) is 0. The van der Waals surface area contributed by atoms with Gasteiger partial charge in [0, 0.05) is 24.1 Å². The Balaban J connectivity index is 1.32. The van der Waals surface area contributed by atoms with Crippen molar-refractivity contribution in [3.63, 3.8) is 0 Å². The highest BCUT2D eigenvalue weighted by Crippen LogP contribution is 2.32. The van der Waals surface area contributed by atoms with E-state index in [1.54, 1.807) is 29.2 Å². The minimum absolute atomic E-state index is 0.161. The Kier molecular flexibility index (Phi) is 5.12. The van der Waals surface area contributed by atoms with Crippen LogP contribution in [0.2, 0.25) is 0 Å². The molecule has 5 rings (SSSR count). The van der Waals surface area contributed by atoms with Crippen LogP contribution < -0.4 is 0 Å². The summed E-state index contributed by atoms with van der Waals surface area (Å²) in [5.41, 5.74) is 1.62. The first-order valence-corrected chi connectivity index (χ1v) is 10.5. The number of carbonyl (C=O) groups is 1. The summed E-state index contributed by atoms with van der Waals surface area (Å²) in [6, 6.07) is 10.1. The summed E-state index contributed by atoms with van der Waals surface area (Å²) in [6.45, 7) is 3.72. The molecule has 0 atom stereocenters. The third-order valence-electron chi connectivity index (χ3n) is 5.94. The second kappa shape index (κ2) is 8.07. The van der Waals surface area contributed by atoms with Gasteiger partial charge in [-0.2, -0.15) is 0 Å². The van der Waals surface area contributed by atoms with Crippen molar-refractivity contribution in [1.82, 2.24) is 15.0 Å². The van der Waals surface area contributed by atoms with Crippen LogP contribution in [0.4, 0.5) is 4.39 Å². The fourth-order valence-corrected chi connectivity index (χ4v) is 4.32. The molecule has 1 amide bonds. The molecule has 2 aliphatic heterocycles. The van der Waals surface area contributed by atoms with Crippen LogP contribution in [-0.4, -0.2) is 40.5 Å². The number of rotatable bonds is 4. The highest BCUT2D eigenvalue weighted by Gasteiger charge is 2.30. The van der Waals surface area contributed by atoms with E-state index in [9.17, 15) is 9.18 Å². The molecule has 2 aromatic heterocycles. The molecule has 2 aliphatic rings. The molecule has 1 aromatic carbocycles. The van der Waals surface area contributed by atoms with E-state index in [-0.39, 0.29) is 11.7 Å². The Morgan fingerprint density at radius 3 is 2.73 bits per heavy atom. The van der Waals surface area contributed by atoms with Gasteiger partial charge in [-0.1, -0.05) is 23.7 Å². The SMILES string of the molecule is O=C(c1ccc(CN2CCCCC2)o1)N1CCc2onc(-c3ccccc3F)c2C1. The molecule has 0 radical (unpaired) electrons. The lowest BCUT2D eigenvalue weighted by Crippen LogP contribution is -2.35. The smallest absolute Gasteiger partial charge is 0.289 e. The van der Waals surface area contributed by atoms with Crippen LogP contribution in [0.5, 0.6) is 0 Å². The predicted molar refractivity (Wildman–Crippen MR) is 108 cm³/mol. The van der Waals surface area contributed by atoms with Gasteiger partial charge in [0.2, 0.25) is 0 Å². The fourth-order valence-electron chi connectivity index (χ4n) is 4.32. The summed E-state index contributed by atoms with van der Waals surface area (Å²) in [7, 11) is 0. The molecule has 0 bridgehead atoms. The molecule has 0 saturated carbocycles. The first-order chi connectivity index (χ1) is 14.7. The molecule has 0 spiro atoms. The van der Waals surface area contributed by atoms with E-state index in [0.29, 0.717) is 42.3 Å². The lowest BCUT2D eigenvalue weighted by molar-refractivity contribution is 0.0692. The van der Waals surface area contributed by atoms with Gasteiger partial charge in [0.15, 0.2) is 5.76 Å². The molecule has 156 valence electrons. The van der Waals surface area contributed by atoms with E-state index in [1.165, 1.54) is 25.3 Å². The van der Waals surface area contributed by atoms with E-state index >= 15 is 0 Å². The highest BCUT2D eigenvalue weighted by atomic mass is 19.1. The lowest BCUT2D eigenvalue weighted by Gasteiger charge is -2.26. The van der Waals surface area contributed by atoms with Crippen LogP contribution in [-0.2, 0) is 19.5 Å². The molecule has 0 N–H and O–H groups in total. The number of carbonyl (C=O) groups excluding carboxylic acids is 1. The molecule has 6 nitrogen and oxygen atoms in total. The van der Waals surface area contributed by atoms with Gasteiger partial charge in [-0.15, -0.1) is 0 Å². The quantitative estimate of drug-likeness (QED) is 0.644. The average molecular weight is 409 g/mol. The van der Waals surface area contributed by atoms with Crippen LogP contribution in [0.25, 0.3) is 11.3 Å². The second-order valence-corrected chi connectivity index (χ2v) is 7.99. The minimum Gasteiger partial charge on any atom is -0.455 e. The maximum Gasteiger partial charge on any atom is 0.289 e. The van der Waals surface area contributed by atoms with E-state index in [1.807, 2.05) is 6.07 Å². The van der Waals surface area contributed by atoms with E-state index < -0.39 is 0 Å². The van der Waals surface area contributed by atoms with Crippen molar-refractivity contribution in [2.45, 2.75) is 38.8 Å². The summed E-state index contributed by atoms with van der Waals surface area (Å²) in [5.74, 6) is 1.35. The number of amides is 1. The van der Waals surface area contributed by atoms with Crippen molar-refractivity contribution in [2.75, 3.05) is 19.6 Å². The topological polar surface area (TPSA) is 62.7 Å². The first-order valence-electron chi connectivity index (χ1n) is 10.5. The van der Waals surface area contributed by atoms with Crippen LogP contribution in [0, 0.1) is 5.82 Å². The van der Waals surface area contributed by atoms with Gasteiger partial charge in [-0.25, -0.2) is 4.39 Å². The Morgan fingerprint density at radius 2 is 1.90 bits per heavy atom. The summed E-state index contributed by atoms with van der Waals surface area (Å²) in [4.78, 5) is 17.1. The molecule has 0 aliphatic carbocycles. The third kappa shape index (κ3) is 3.65. The zero-order chi connectivity index (χ0) is 20.5. The molecule has 1 saturated heterocycles.